The van der Waals surface area contributed by atoms with Crippen molar-refractivity contribution < 1.29 is 92.7 Å². The molecule has 10 amide bonds. The van der Waals surface area contributed by atoms with Crippen molar-refractivity contribution in [3.8, 4) is 0 Å². The largest absolute Gasteiger partial charge is 0.481 e. The number of thioether (sulfide) groups is 1. The van der Waals surface area contributed by atoms with Gasteiger partial charge in [0.2, 0.25) is 59.1 Å². The van der Waals surface area contributed by atoms with Gasteiger partial charge in [0.1, 0.15) is 54.4 Å². The van der Waals surface area contributed by atoms with Gasteiger partial charge in [-0.05, 0) is 89.6 Å². The van der Waals surface area contributed by atoms with Gasteiger partial charge in [0.15, 0.2) is 0 Å². The number of nitrogens with zero attached hydrogens (tertiary/aromatic N) is 2. The van der Waals surface area contributed by atoms with Gasteiger partial charge in [-0.2, -0.15) is 11.8 Å². The highest BCUT2D eigenvalue weighted by molar-refractivity contribution is 7.98. The Bertz CT molecular complexity index is 2220. The van der Waals surface area contributed by atoms with Gasteiger partial charge in [0, 0.05) is 32.4 Å². The second-order valence-electron chi connectivity index (χ2n) is 19.5. The number of hydrogen-bond donors (Lipinski definition) is 14. The zero-order chi connectivity index (χ0) is 59.1. The molecular weight excluding hydrogens is 1050 g/mol. The van der Waals surface area contributed by atoms with Crippen LogP contribution in [0, 0.1) is 5.92 Å². The van der Waals surface area contributed by atoms with Crippen molar-refractivity contribution in [2.75, 3.05) is 25.1 Å². The number of aliphatic hydroxyl groups excluding tert-OH is 1. The summed E-state index contributed by atoms with van der Waals surface area (Å²) in [6.07, 6.45) is -3.36. The van der Waals surface area contributed by atoms with E-state index in [-0.39, 0.29) is 70.4 Å². The molecule has 31 heteroatoms. The standard InChI is InChI=1S/C47H75N11O19S/c1-22(2)20-29(41(70)52-27(12-15-35(63)64)40(69)51-26(11-14-34(61)62)39(68)50-23(3)47(76)77)54-42(71)31-8-6-18-58(31)46(75)30(21-36(65)66)55-44(73)37(24(4)59)56-43(72)32-9-7-17-57(32)45(74)28(10-13-33(49)60)53-38(67)25(48)16-19-78-5/h22-32,37,59H,6-21,48H2,1-5H3,(H2,49,60)(H,50,68)(H,51,69)(H,52,70)(H,53,67)(H,54,71)(H,55,73)(H,56,72)(H,61,62)(H,63,64)(H,65,66)(H,76,77)/t23-,24+,25-,26-,27-,28-,29-,30-,31-,32-,37-/m0/s1. The molecule has 2 aliphatic heterocycles. The minimum absolute atomic E-state index is 0.00852. The van der Waals surface area contributed by atoms with Crippen LogP contribution in [0.1, 0.15) is 111 Å². The monoisotopic (exact) mass is 1130 g/mol. The molecule has 0 aromatic rings. The van der Waals surface area contributed by atoms with Gasteiger partial charge in [0.25, 0.3) is 0 Å². The molecule has 16 N–H and O–H groups in total. The summed E-state index contributed by atoms with van der Waals surface area (Å²) in [5, 5.41) is 64.8. The van der Waals surface area contributed by atoms with Gasteiger partial charge in [-0.1, -0.05) is 13.8 Å². The number of carbonyl (C=O) groups is 14. The lowest BCUT2D eigenvalue weighted by molar-refractivity contribution is -0.147. The number of aliphatic carboxylic acids is 4. The lowest BCUT2D eigenvalue weighted by Gasteiger charge is -2.32. The lowest BCUT2D eigenvalue weighted by Crippen LogP contribution is -2.62. The first kappa shape index (κ1) is 67.0. The molecule has 0 aromatic carbocycles. The first-order chi connectivity index (χ1) is 36.5. The maximum atomic E-state index is 14.2. The minimum Gasteiger partial charge on any atom is -0.481 e. The molecule has 0 radical (unpaired) electrons. The summed E-state index contributed by atoms with van der Waals surface area (Å²) in [6.45, 7) is 5.40. The highest BCUT2D eigenvalue weighted by Gasteiger charge is 2.43. The average molecular weight is 1130 g/mol. The number of carbonyl (C=O) groups excluding carboxylic acids is 10. The molecule has 0 aromatic heterocycles. The quantitative estimate of drug-likeness (QED) is 0.0288. The Morgan fingerprint density at radius 3 is 1.45 bits per heavy atom. The highest BCUT2D eigenvalue weighted by atomic mass is 32.2. The molecule has 0 unspecified atom stereocenters. The predicted octanol–water partition coefficient (Wildman–Crippen LogP) is -4.56. The van der Waals surface area contributed by atoms with Gasteiger partial charge in [-0.3, -0.25) is 67.1 Å². The first-order valence-corrected chi connectivity index (χ1v) is 26.7. The number of carboxylic acid groups (broad SMARTS) is 4. The summed E-state index contributed by atoms with van der Waals surface area (Å²) >= 11 is 1.44. The Balaban J connectivity index is 2.35. The summed E-state index contributed by atoms with van der Waals surface area (Å²) in [7, 11) is 0. The molecule has 0 bridgehead atoms. The van der Waals surface area contributed by atoms with Crippen LogP contribution in [0.2, 0.25) is 0 Å². The van der Waals surface area contributed by atoms with E-state index in [1.165, 1.54) is 11.8 Å². The highest BCUT2D eigenvalue weighted by Crippen LogP contribution is 2.23. The van der Waals surface area contributed by atoms with E-state index in [9.17, 15) is 92.7 Å². The second-order valence-corrected chi connectivity index (χ2v) is 20.5. The van der Waals surface area contributed by atoms with Crippen LogP contribution in [0.4, 0.5) is 0 Å². The van der Waals surface area contributed by atoms with Crippen molar-refractivity contribution in [1.82, 2.24) is 47.0 Å². The number of carboxylic acids is 4. The fourth-order valence-corrected chi connectivity index (χ4v) is 8.95. The van der Waals surface area contributed by atoms with Gasteiger partial charge in [0.05, 0.1) is 18.6 Å². The third-order valence-corrected chi connectivity index (χ3v) is 13.3. The summed E-state index contributed by atoms with van der Waals surface area (Å²) < 4.78 is 0. The Kier molecular flexibility index (Phi) is 27.9. The molecule has 30 nitrogen and oxygen atoms in total. The Hall–Kier alpha value is -7.15. The van der Waals surface area contributed by atoms with Gasteiger partial charge < -0.3 is 84.0 Å². The molecule has 2 aliphatic rings. The predicted molar refractivity (Wildman–Crippen MR) is 273 cm³/mol. The molecule has 2 rings (SSSR count). The van der Waals surface area contributed by atoms with Crippen LogP contribution in [0.3, 0.4) is 0 Å². The van der Waals surface area contributed by atoms with Crippen molar-refractivity contribution in [2.45, 2.75) is 178 Å². The topological polar surface area (TPSA) is 483 Å². The number of nitrogens with two attached hydrogens (primary N) is 2. The van der Waals surface area contributed by atoms with Crippen LogP contribution in [0.5, 0.6) is 0 Å². The maximum absolute atomic E-state index is 14.2. The Morgan fingerprint density at radius 1 is 0.551 bits per heavy atom. The zero-order valence-corrected chi connectivity index (χ0v) is 45.0. The number of aliphatic hydroxyl groups is 1. The van der Waals surface area contributed by atoms with Gasteiger partial charge in [-0.25, -0.2) is 0 Å². The number of primary amides is 1. The van der Waals surface area contributed by atoms with Crippen LogP contribution in [-0.4, -0.2) is 210 Å². The van der Waals surface area contributed by atoms with E-state index >= 15 is 0 Å². The molecule has 11 atom stereocenters. The van der Waals surface area contributed by atoms with Crippen LogP contribution in [0.15, 0.2) is 0 Å². The Labute approximate surface area is 453 Å². The molecule has 0 saturated carbocycles. The van der Waals surface area contributed by atoms with E-state index in [2.05, 4.69) is 37.2 Å². The molecule has 0 spiro atoms. The van der Waals surface area contributed by atoms with Crippen LogP contribution < -0.4 is 48.7 Å². The van der Waals surface area contributed by atoms with Crippen LogP contribution in [0.25, 0.3) is 0 Å². The third kappa shape index (κ3) is 22.1. The second kappa shape index (κ2) is 32.6. The van der Waals surface area contributed by atoms with E-state index < -0.39 is 182 Å². The first-order valence-electron chi connectivity index (χ1n) is 25.3. The fourth-order valence-electron chi connectivity index (χ4n) is 8.46. The van der Waals surface area contributed by atoms with E-state index in [0.29, 0.717) is 5.75 Å². The minimum atomic E-state index is -1.92. The summed E-state index contributed by atoms with van der Waals surface area (Å²) in [6, 6.07) is -15.1. The Morgan fingerprint density at radius 2 is 1.00 bits per heavy atom. The van der Waals surface area contributed by atoms with Crippen LogP contribution >= 0.6 is 11.8 Å². The normalized spacial score (nSPS) is 18.5. The molecular formula is C47H75N11O19S. The molecule has 78 heavy (non-hydrogen) atoms. The van der Waals surface area contributed by atoms with Crippen molar-refractivity contribution in [2.24, 2.45) is 17.4 Å². The number of rotatable bonds is 34. The molecule has 2 heterocycles. The zero-order valence-electron chi connectivity index (χ0n) is 44.2. The summed E-state index contributed by atoms with van der Waals surface area (Å²) in [4.78, 5) is 183. The maximum Gasteiger partial charge on any atom is 0.325 e. The molecule has 438 valence electrons. The van der Waals surface area contributed by atoms with E-state index in [4.69, 9.17) is 11.5 Å². The van der Waals surface area contributed by atoms with Crippen molar-refractivity contribution in [1.29, 1.82) is 0 Å². The molecule has 2 fully saturated rings. The smallest absolute Gasteiger partial charge is 0.325 e. The van der Waals surface area contributed by atoms with E-state index in [1.54, 1.807) is 13.8 Å². The molecule has 2 saturated heterocycles. The van der Waals surface area contributed by atoms with E-state index in [1.807, 2.05) is 6.26 Å². The number of hydrogen-bond acceptors (Lipinski definition) is 17. The summed E-state index contributed by atoms with van der Waals surface area (Å²) in [5.41, 5.74) is 11.3. The molecule has 0 aliphatic carbocycles. The van der Waals surface area contributed by atoms with Crippen molar-refractivity contribution >= 4 is 94.7 Å². The number of likely N-dealkylation sites (tertiary alicyclic amines) is 2. The number of nitrogens with one attached hydrogen (secondary N) is 7. The SMILES string of the molecule is CSCC[C@H](N)C(=O)N[C@@H](CCC(N)=O)C(=O)N1CCC[C@H]1C(=O)N[C@H](C(=O)N[C@@H](CC(=O)O)C(=O)N1CCC[C@H]1C(=O)N[C@@H](CC(C)C)C(=O)N[C@@H](CCC(=O)O)C(=O)N[C@@H](CCC(=O)O)C(=O)N[C@@H](C)C(=O)O)[C@@H](C)O. The van der Waals surface area contributed by atoms with Gasteiger partial charge in [-0.15, -0.1) is 0 Å². The van der Waals surface area contributed by atoms with E-state index in [0.717, 1.165) is 23.6 Å². The fraction of sp³-hybridized carbons (Fsp3) is 0.702. The van der Waals surface area contributed by atoms with Gasteiger partial charge >= 0.3 is 23.9 Å². The average Bonchev–Trinajstić information content (AvgIpc) is 4.06. The van der Waals surface area contributed by atoms with Crippen molar-refractivity contribution in [3.63, 3.8) is 0 Å². The lowest BCUT2D eigenvalue weighted by atomic mass is 10.0. The summed E-state index contributed by atoms with van der Waals surface area (Å²) in [5.74, 6) is -15.3. The third-order valence-electron chi connectivity index (χ3n) is 12.6. The van der Waals surface area contributed by atoms with Crippen LogP contribution in [-0.2, 0) is 67.1 Å². The van der Waals surface area contributed by atoms with Crippen molar-refractivity contribution in [3.05, 3.63) is 0 Å². The number of amides is 10.